The van der Waals surface area contributed by atoms with Crippen LogP contribution in [0.1, 0.15) is 15.9 Å². The van der Waals surface area contributed by atoms with Gasteiger partial charge in [-0.1, -0.05) is 23.4 Å². The van der Waals surface area contributed by atoms with Gasteiger partial charge >= 0.3 is 6.09 Å². The molecule has 8 heteroatoms. The van der Waals surface area contributed by atoms with E-state index >= 15 is 0 Å². The molecule has 0 spiro atoms. The average molecular weight is 324 g/mol. The van der Waals surface area contributed by atoms with Gasteiger partial charge in [0.2, 0.25) is 0 Å². The van der Waals surface area contributed by atoms with Gasteiger partial charge in [-0.05, 0) is 18.2 Å². The highest BCUT2D eigenvalue weighted by Gasteiger charge is 2.13. The van der Waals surface area contributed by atoms with E-state index < -0.39 is 6.09 Å². The number of aromatic nitrogens is 2. The zero-order valence-electron chi connectivity index (χ0n) is 10.6. The van der Waals surface area contributed by atoms with Crippen molar-refractivity contribution in [3.8, 4) is 0 Å². The van der Waals surface area contributed by atoms with Gasteiger partial charge in [-0.25, -0.2) is 14.8 Å². The Bertz CT molecular complexity index is 681. The van der Waals surface area contributed by atoms with Crippen LogP contribution in [0, 0.1) is 0 Å². The normalized spacial score (nSPS) is 10.1. The number of aldehydes is 1. The molecule has 2 aromatic heterocycles. The minimum Gasteiger partial charge on any atom is -0.465 e. The van der Waals surface area contributed by atoms with Gasteiger partial charge in [0.15, 0.2) is 6.29 Å². The van der Waals surface area contributed by atoms with Gasteiger partial charge in [-0.3, -0.25) is 4.79 Å². The molecule has 0 atom stereocenters. The smallest absolute Gasteiger partial charge is 0.404 e. The molecule has 1 amide bonds. The number of nitrogens with zero attached hydrogens (tertiary/aromatic N) is 2. The second-order valence-corrected chi connectivity index (χ2v) is 5.24. The molecule has 0 aromatic carbocycles. The van der Waals surface area contributed by atoms with Crippen LogP contribution in [-0.2, 0) is 6.54 Å². The summed E-state index contributed by atoms with van der Waals surface area (Å²) in [6, 6.07) is 5.01. The summed E-state index contributed by atoms with van der Waals surface area (Å²) in [4.78, 5) is 30.4. The fourth-order valence-electron chi connectivity index (χ4n) is 1.55. The van der Waals surface area contributed by atoms with Crippen LogP contribution in [0.15, 0.2) is 40.5 Å². The Morgan fingerprint density at radius 3 is 2.90 bits per heavy atom. The molecule has 0 aliphatic heterocycles. The minimum absolute atomic E-state index is 0.0214. The van der Waals surface area contributed by atoms with E-state index in [2.05, 4.69) is 15.3 Å². The first-order valence-corrected chi connectivity index (χ1v) is 6.99. The number of hydrogen-bond acceptors (Lipinski definition) is 5. The number of rotatable bonds is 5. The Morgan fingerprint density at radius 2 is 2.19 bits per heavy atom. The van der Waals surface area contributed by atoms with Crippen molar-refractivity contribution >= 4 is 35.7 Å². The van der Waals surface area contributed by atoms with E-state index in [0.29, 0.717) is 27.3 Å². The molecule has 0 aliphatic rings. The third-order valence-electron chi connectivity index (χ3n) is 2.51. The predicted octanol–water partition coefficient (Wildman–Crippen LogP) is 2.86. The molecule has 0 saturated carbocycles. The molecule has 108 valence electrons. The van der Waals surface area contributed by atoms with Crippen LogP contribution in [-0.4, -0.2) is 27.5 Å². The topological polar surface area (TPSA) is 92.2 Å². The first-order valence-electron chi connectivity index (χ1n) is 5.80. The van der Waals surface area contributed by atoms with Crippen molar-refractivity contribution < 1.29 is 14.7 Å². The maximum Gasteiger partial charge on any atom is 0.404 e. The molecule has 0 aliphatic carbocycles. The van der Waals surface area contributed by atoms with E-state index in [4.69, 9.17) is 16.7 Å². The molecule has 2 aromatic rings. The number of carboxylic acid groups (broad SMARTS) is 1. The van der Waals surface area contributed by atoms with E-state index in [-0.39, 0.29) is 11.7 Å². The Labute approximate surface area is 129 Å². The molecular formula is C13H10ClN3O3S. The highest BCUT2D eigenvalue weighted by atomic mass is 35.5. The summed E-state index contributed by atoms with van der Waals surface area (Å²) < 4.78 is 0. The maximum absolute atomic E-state index is 11.0. The molecule has 2 heterocycles. The Kier molecular flexibility index (Phi) is 5.13. The molecule has 0 fully saturated rings. The summed E-state index contributed by atoms with van der Waals surface area (Å²) in [6.07, 6.45) is 2.65. The van der Waals surface area contributed by atoms with E-state index in [1.165, 1.54) is 18.0 Å². The molecular weight excluding hydrogens is 314 g/mol. The summed E-state index contributed by atoms with van der Waals surface area (Å²) >= 11 is 7.24. The van der Waals surface area contributed by atoms with E-state index in [9.17, 15) is 9.59 Å². The molecule has 0 saturated heterocycles. The van der Waals surface area contributed by atoms with Crippen LogP contribution in [0.2, 0.25) is 5.15 Å². The SMILES string of the molecule is O=Cc1cccnc1Sc1ccnc(Cl)c1CNC(=O)O. The van der Waals surface area contributed by atoms with Crippen molar-refractivity contribution in [2.24, 2.45) is 0 Å². The van der Waals surface area contributed by atoms with E-state index in [1.54, 1.807) is 24.4 Å². The first-order chi connectivity index (χ1) is 10.1. The summed E-state index contributed by atoms with van der Waals surface area (Å²) in [6.45, 7) is 0.0214. The number of hydrogen-bond donors (Lipinski definition) is 2. The Morgan fingerprint density at radius 1 is 1.38 bits per heavy atom. The molecule has 6 nitrogen and oxygen atoms in total. The Balaban J connectivity index is 2.33. The molecule has 2 rings (SSSR count). The van der Waals surface area contributed by atoms with Crippen molar-refractivity contribution in [2.45, 2.75) is 16.5 Å². The van der Waals surface area contributed by atoms with Gasteiger partial charge in [0.05, 0.1) is 6.54 Å². The number of halogens is 1. The van der Waals surface area contributed by atoms with Crippen LogP contribution in [0.5, 0.6) is 0 Å². The number of amides is 1. The van der Waals surface area contributed by atoms with Crippen molar-refractivity contribution in [2.75, 3.05) is 0 Å². The Hall–Kier alpha value is -2.12. The van der Waals surface area contributed by atoms with Crippen LogP contribution >= 0.6 is 23.4 Å². The van der Waals surface area contributed by atoms with Crippen molar-refractivity contribution in [1.29, 1.82) is 0 Å². The summed E-state index contributed by atoms with van der Waals surface area (Å²) in [5.41, 5.74) is 0.988. The van der Waals surface area contributed by atoms with Crippen molar-refractivity contribution in [3.05, 3.63) is 46.9 Å². The molecule has 2 N–H and O–H groups in total. The van der Waals surface area contributed by atoms with Crippen LogP contribution in [0.3, 0.4) is 0 Å². The lowest BCUT2D eigenvalue weighted by atomic mass is 10.3. The largest absolute Gasteiger partial charge is 0.465 e. The fraction of sp³-hybridized carbons (Fsp3) is 0.0769. The molecule has 0 radical (unpaired) electrons. The quantitative estimate of drug-likeness (QED) is 0.649. The number of pyridine rings is 2. The van der Waals surface area contributed by atoms with E-state index in [1.807, 2.05) is 0 Å². The number of nitrogens with one attached hydrogen (secondary N) is 1. The minimum atomic E-state index is -1.16. The van der Waals surface area contributed by atoms with Gasteiger partial charge in [0.25, 0.3) is 0 Å². The third kappa shape index (κ3) is 3.93. The fourth-order valence-corrected chi connectivity index (χ4v) is 2.81. The summed E-state index contributed by atoms with van der Waals surface area (Å²) in [5, 5.41) is 11.7. The maximum atomic E-state index is 11.0. The van der Waals surface area contributed by atoms with Gasteiger partial charge in [-0.15, -0.1) is 0 Å². The zero-order valence-corrected chi connectivity index (χ0v) is 12.2. The molecule has 0 bridgehead atoms. The number of carbonyl (C=O) groups is 2. The predicted molar refractivity (Wildman–Crippen MR) is 77.9 cm³/mol. The summed E-state index contributed by atoms with van der Waals surface area (Å²) in [7, 11) is 0. The lowest BCUT2D eigenvalue weighted by Crippen LogP contribution is -2.20. The zero-order chi connectivity index (χ0) is 15.2. The highest BCUT2D eigenvalue weighted by Crippen LogP contribution is 2.33. The van der Waals surface area contributed by atoms with Crippen molar-refractivity contribution in [3.63, 3.8) is 0 Å². The lowest BCUT2D eigenvalue weighted by molar-refractivity contribution is 0.112. The van der Waals surface area contributed by atoms with Crippen molar-refractivity contribution in [1.82, 2.24) is 15.3 Å². The molecule has 21 heavy (non-hydrogen) atoms. The van der Waals surface area contributed by atoms with Crippen LogP contribution < -0.4 is 5.32 Å². The van der Waals surface area contributed by atoms with Crippen LogP contribution in [0.4, 0.5) is 4.79 Å². The molecule has 0 unspecified atom stereocenters. The van der Waals surface area contributed by atoms with Gasteiger partial charge < -0.3 is 10.4 Å². The average Bonchev–Trinajstić information content (AvgIpc) is 2.47. The monoisotopic (exact) mass is 323 g/mol. The third-order valence-corrected chi connectivity index (χ3v) is 3.97. The standard InChI is InChI=1S/C13H10ClN3O3S/c14-11-9(6-17-13(19)20)10(3-5-15-11)21-12-8(7-18)2-1-4-16-12/h1-5,7,17H,6H2,(H,19,20). The number of carbonyl (C=O) groups excluding carboxylic acids is 1. The second kappa shape index (κ2) is 7.05. The van der Waals surface area contributed by atoms with Gasteiger partial charge in [0, 0.05) is 28.4 Å². The van der Waals surface area contributed by atoms with E-state index in [0.717, 1.165) is 0 Å². The summed E-state index contributed by atoms with van der Waals surface area (Å²) in [5.74, 6) is 0. The second-order valence-electron chi connectivity index (χ2n) is 3.85. The van der Waals surface area contributed by atoms with Crippen LogP contribution in [0.25, 0.3) is 0 Å². The highest BCUT2D eigenvalue weighted by molar-refractivity contribution is 7.99. The van der Waals surface area contributed by atoms with Gasteiger partial charge in [0.1, 0.15) is 10.2 Å². The van der Waals surface area contributed by atoms with Gasteiger partial charge in [-0.2, -0.15) is 0 Å². The first kappa shape index (κ1) is 15.3. The lowest BCUT2D eigenvalue weighted by Gasteiger charge is -2.10.